The largest absolute Gasteiger partial charge is 0.481 e. The molecule has 7 nitrogen and oxygen atoms in total. The molecule has 4 rings (SSSR count). The topological polar surface area (TPSA) is 98.2 Å². The maximum Gasteiger partial charge on any atom is 0.308 e. The van der Waals surface area contributed by atoms with E-state index in [0.717, 1.165) is 5.56 Å². The molecule has 1 aromatic rings. The Balaban J connectivity index is 1.78. The van der Waals surface area contributed by atoms with Crippen LogP contribution in [0.1, 0.15) is 25.8 Å². The lowest BCUT2D eigenvalue weighted by atomic mass is 9.66. The fraction of sp³-hybridized carbons (Fsp3) is 0.542. The molecule has 3 aliphatic rings. The van der Waals surface area contributed by atoms with Crippen molar-refractivity contribution in [1.82, 2.24) is 9.80 Å². The zero-order valence-electron chi connectivity index (χ0n) is 18.4. The van der Waals surface area contributed by atoms with Gasteiger partial charge in [-0.2, -0.15) is 0 Å². The summed E-state index contributed by atoms with van der Waals surface area (Å²) in [5.41, 5.74) is 0.961. The van der Waals surface area contributed by atoms with E-state index in [0.29, 0.717) is 19.5 Å². The molecule has 3 heterocycles. The molecule has 1 spiro atoms. The maximum atomic E-state index is 14.1. The van der Waals surface area contributed by atoms with Crippen molar-refractivity contribution in [2.45, 2.75) is 48.9 Å². The quantitative estimate of drug-likeness (QED) is 0.579. The van der Waals surface area contributed by atoms with Gasteiger partial charge < -0.3 is 20.0 Å². The van der Waals surface area contributed by atoms with Gasteiger partial charge in [-0.15, -0.1) is 18.3 Å². The Morgan fingerprint density at radius 3 is 2.66 bits per heavy atom. The minimum atomic E-state index is -0.980. The Morgan fingerprint density at radius 1 is 1.38 bits per heavy atom. The van der Waals surface area contributed by atoms with Crippen LogP contribution < -0.4 is 0 Å². The van der Waals surface area contributed by atoms with Gasteiger partial charge >= 0.3 is 5.97 Å². The van der Waals surface area contributed by atoms with E-state index in [1.165, 1.54) is 16.7 Å². The third-order valence-corrected chi connectivity index (χ3v) is 9.40. The van der Waals surface area contributed by atoms with Gasteiger partial charge in [0.25, 0.3) is 0 Å². The van der Waals surface area contributed by atoms with Crippen molar-refractivity contribution in [3.8, 4) is 0 Å². The monoisotopic (exact) mass is 458 g/mol. The van der Waals surface area contributed by atoms with Gasteiger partial charge in [-0.25, -0.2) is 0 Å². The second-order valence-corrected chi connectivity index (χ2v) is 10.7. The molecule has 32 heavy (non-hydrogen) atoms. The molecule has 1 aromatic carbocycles. The number of thioether (sulfide) groups is 1. The van der Waals surface area contributed by atoms with E-state index in [1.807, 2.05) is 37.3 Å². The number of fused-ring (bicyclic) bond motifs is 1. The van der Waals surface area contributed by atoms with Crippen molar-refractivity contribution < 1.29 is 24.6 Å². The van der Waals surface area contributed by atoms with E-state index in [9.17, 15) is 24.6 Å². The van der Waals surface area contributed by atoms with Crippen LogP contribution in [0.15, 0.2) is 43.0 Å². The number of likely N-dealkylation sites (tertiary alicyclic amines) is 1. The van der Waals surface area contributed by atoms with Gasteiger partial charge in [-0.3, -0.25) is 14.4 Å². The van der Waals surface area contributed by atoms with Crippen LogP contribution in [0.3, 0.4) is 0 Å². The van der Waals surface area contributed by atoms with Gasteiger partial charge in [0.2, 0.25) is 11.8 Å². The van der Waals surface area contributed by atoms with Crippen molar-refractivity contribution in [2.24, 2.45) is 17.8 Å². The number of hydrogen-bond acceptors (Lipinski definition) is 5. The highest BCUT2D eigenvalue weighted by Crippen LogP contribution is 2.68. The Morgan fingerprint density at radius 2 is 2.06 bits per heavy atom. The van der Waals surface area contributed by atoms with E-state index < -0.39 is 34.6 Å². The SMILES string of the molecule is C=CCN(Cc1ccccc1)C(=O)C1N([C@H](C)CO)C(=O)[C@@H]2[C@H](C(=O)O)[C@@H]3CC(C)C12S3. The molecule has 0 aromatic heterocycles. The number of aliphatic hydroxyl groups excluding tert-OH is 1. The Hall–Kier alpha value is -2.32. The Kier molecular flexibility index (Phi) is 6.11. The summed E-state index contributed by atoms with van der Waals surface area (Å²) in [4.78, 5) is 43.0. The molecule has 3 aliphatic heterocycles. The fourth-order valence-corrected chi connectivity index (χ4v) is 8.34. The molecule has 0 aliphatic carbocycles. The van der Waals surface area contributed by atoms with E-state index in [1.54, 1.807) is 17.9 Å². The van der Waals surface area contributed by atoms with Crippen LogP contribution in [0.4, 0.5) is 0 Å². The fourth-order valence-electron chi connectivity index (χ4n) is 5.95. The average molecular weight is 459 g/mol. The summed E-state index contributed by atoms with van der Waals surface area (Å²) in [7, 11) is 0. The van der Waals surface area contributed by atoms with Crippen molar-refractivity contribution in [3.05, 3.63) is 48.6 Å². The minimum absolute atomic E-state index is 0.00852. The number of amides is 2. The summed E-state index contributed by atoms with van der Waals surface area (Å²) in [6, 6.07) is 8.21. The standard InChI is InChI=1S/C24H30N2O5S/c1-4-10-25(12-16-8-6-5-7-9-16)22(29)20-24-14(2)11-17(32-24)18(23(30)31)19(24)21(28)26(20)15(3)13-27/h4-9,14-15,17-20,27H,1,10-13H2,2-3H3,(H,30,31)/t14?,15-,17+,18-,19+,20?,24?/m1/s1. The van der Waals surface area contributed by atoms with Crippen molar-refractivity contribution >= 4 is 29.5 Å². The summed E-state index contributed by atoms with van der Waals surface area (Å²) in [6.45, 7) is 7.92. The Labute approximate surface area is 192 Å². The summed E-state index contributed by atoms with van der Waals surface area (Å²) in [5, 5.41) is 19.7. The average Bonchev–Trinajstić information content (AvgIpc) is 3.37. The van der Waals surface area contributed by atoms with Crippen molar-refractivity contribution in [1.29, 1.82) is 0 Å². The highest BCUT2D eigenvalue weighted by atomic mass is 32.2. The molecule has 3 fully saturated rings. The number of rotatable bonds is 8. The molecule has 2 bridgehead atoms. The second-order valence-electron chi connectivity index (χ2n) is 9.16. The Bertz CT molecular complexity index is 924. The molecule has 2 amide bonds. The highest BCUT2D eigenvalue weighted by Gasteiger charge is 2.76. The number of carbonyl (C=O) groups excluding carboxylic acids is 2. The first kappa shape index (κ1) is 22.9. The zero-order chi connectivity index (χ0) is 23.2. The highest BCUT2D eigenvalue weighted by molar-refractivity contribution is 8.02. The third kappa shape index (κ3) is 3.27. The van der Waals surface area contributed by atoms with Gasteiger partial charge in [-0.1, -0.05) is 43.3 Å². The number of carboxylic acids is 1. The lowest BCUT2D eigenvalue weighted by molar-refractivity contribution is -0.150. The van der Waals surface area contributed by atoms with Crippen LogP contribution in [0.5, 0.6) is 0 Å². The predicted molar refractivity (Wildman–Crippen MR) is 122 cm³/mol. The zero-order valence-corrected chi connectivity index (χ0v) is 19.2. The van der Waals surface area contributed by atoms with E-state index in [-0.39, 0.29) is 29.6 Å². The van der Waals surface area contributed by atoms with Crippen LogP contribution in [0.25, 0.3) is 0 Å². The van der Waals surface area contributed by atoms with Crippen LogP contribution in [-0.4, -0.2) is 73.0 Å². The molecule has 3 saturated heterocycles. The molecule has 7 atom stereocenters. The summed E-state index contributed by atoms with van der Waals surface area (Å²) in [5.74, 6) is -3.07. The van der Waals surface area contributed by atoms with Crippen molar-refractivity contribution in [2.75, 3.05) is 13.2 Å². The normalized spacial score (nSPS) is 33.8. The van der Waals surface area contributed by atoms with Crippen molar-refractivity contribution in [3.63, 3.8) is 0 Å². The maximum absolute atomic E-state index is 14.1. The number of carboxylic acid groups (broad SMARTS) is 1. The third-order valence-electron chi connectivity index (χ3n) is 7.32. The van der Waals surface area contributed by atoms with Crippen LogP contribution in [0, 0.1) is 17.8 Å². The molecule has 8 heteroatoms. The molecular formula is C24H30N2O5S. The van der Waals surface area contributed by atoms with Gasteiger partial charge in [0.15, 0.2) is 0 Å². The minimum Gasteiger partial charge on any atom is -0.481 e. The van der Waals surface area contributed by atoms with Crippen LogP contribution in [0.2, 0.25) is 0 Å². The van der Waals surface area contributed by atoms with Crippen LogP contribution >= 0.6 is 11.8 Å². The number of aliphatic hydroxyl groups is 1. The first-order valence-corrected chi connectivity index (χ1v) is 11.9. The molecule has 3 unspecified atom stereocenters. The van der Waals surface area contributed by atoms with Gasteiger partial charge in [-0.05, 0) is 24.8 Å². The van der Waals surface area contributed by atoms with Gasteiger partial charge in [0, 0.05) is 18.3 Å². The molecule has 172 valence electrons. The summed E-state index contributed by atoms with van der Waals surface area (Å²) >= 11 is 1.51. The number of nitrogens with zero attached hydrogens (tertiary/aromatic N) is 2. The van der Waals surface area contributed by atoms with Gasteiger partial charge in [0.05, 0.1) is 29.2 Å². The lowest BCUT2D eigenvalue weighted by Crippen LogP contribution is -2.58. The number of benzene rings is 1. The van der Waals surface area contributed by atoms with E-state index >= 15 is 0 Å². The molecular weight excluding hydrogens is 428 g/mol. The molecule has 2 N–H and O–H groups in total. The van der Waals surface area contributed by atoms with E-state index in [4.69, 9.17) is 0 Å². The second kappa shape index (κ2) is 8.56. The number of hydrogen-bond donors (Lipinski definition) is 2. The van der Waals surface area contributed by atoms with Gasteiger partial charge in [0.1, 0.15) is 6.04 Å². The van der Waals surface area contributed by atoms with E-state index in [2.05, 4.69) is 6.58 Å². The molecule has 0 saturated carbocycles. The molecule has 0 radical (unpaired) electrons. The first-order valence-electron chi connectivity index (χ1n) is 11.0. The smallest absolute Gasteiger partial charge is 0.308 e. The summed E-state index contributed by atoms with van der Waals surface area (Å²) < 4.78 is -0.804. The lowest BCUT2D eigenvalue weighted by Gasteiger charge is -2.41. The number of carbonyl (C=O) groups is 3. The van der Waals surface area contributed by atoms with Crippen LogP contribution in [-0.2, 0) is 20.9 Å². The number of aliphatic carboxylic acids is 1. The predicted octanol–water partition coefficient (Wildman–Crippen LogP) is 2.00. The summed E-state index contributed by atoms with van der Waals surface area (Å²) in [6.07, 6.45) is 2.33. The first-order chi connectivity index (χ1) is 15.3.